The van der Waals surface area contributed by atoms with Crippen molar-refractivity contribution < 1.29 is 9.59 Å². The van der Waals surface area contributed by atoms with Crippen molar-refractivity contribution in [2.24, 2.45) is 0 Å². The zero-order chi connectivity index (χ0) is 21.0. The van der Waals surface area contributed by atoms with E-state index in [1.165, 1.54) is 0 Å². The van der Waals surface area contributed by atoms with Gasteiger partial charge in [0, 0.05) is 24.8 Å². The summed E-state index contributed by atoms with van der Waals surface area (Å²) < 4.78 is 1.82. The maximum absolute atomic E-state index is 12.6. The summed E-state index contributed by atoms with van der Waals surface area (Å²) in [5, 5.41) is 5.89. The van der Waals surface area contributed by atoms with Crippen molar-refractivity contribution in [3.63, 3.8) is 0 Å². The van der Waals surface area contributed by atoms with Crippen LogP contribution in [-0.2, 0) is 4.79 Å². The van der Waals surface area contributed by atoms with Gasteiger partial charge in [0.05, 0.1) is 5.69 Å². The third-order valence-corrected chi connectivity index (χ3v) is 4.96. The number of hydrogen-bond donors (Lipinski definition) is 2. The summed E-state index contributed by atoms with van der Waals surface area (Å²) in [5.74, 6) is 0.114. The smallest absolute Gasteiger partial charge is 0.270 e. The molecular formula is C23H28N4O2. The highest BCUT2D eigenvalue weighted by atomic mass is 16.2. The van der Waals surface area contributed by atoms with Gasteiger partial charge in [-0.15, -0.1) is 0 Å². The van der Waals surface area contributed by atoms with Crippen molar-refractivity contribution in [2.45, 2.75) is 46.5 Å². The van der Waals surface area contributed by atoms with Crippen molar-refractivity contribution in [3.8, 4) is 0 Å². The number of anilines is 1. The first-order chi connectivity index (χ1) is 13.9. The van der Waals surface area contributed by atoms with Gasteiger partial charge in [-0.25, -0.2) is 4.98 Å². The molecule has 0 bridgehead atoms. The average molecular weight is 393 g/mol. The van der Waals surface area contributed by atoms with E-state index in [0.29, 0.717) is 36.7 Å². The minimum absolute atomic E-state index is 0.0473. The number of aryl methyl sites for hydroxylation is 2. The Morgan fingerprint density at radius 3 is 2.62 bits per heavy atom. The molecule has 1 aromatic carbocycles. The van der Waals surface area contributed by atoms with Crippen molar-refractivity contribution in [2.75, 3.05) is 11.9 Å². The SMILES string of the molecule is Cc1nc2c(C)cccn2c1C(=O)NCCCC(=O)Nc1ccccc1C(C)C. The number of fused-ring (bicyclic) bond motifs is 1. The van der Waals surface area contributed by atoms with Gasteiger partial charge in [-0.05, 0) is 49.4 Å². The molecule has 0 aliphatic heterocycles. The molecule has 0 atom stereocenters. The molecule has 0 aliphatic rings. The summed E-state index contributed by atoms with van der Waals surface area (Å²) in [5.41, 5.74) is 5.02. The van der Waals surface area contributed by atoms with Crippen molar-refractivity contribution in [1.82, 2.24) is 14.7 Å². The molecule has 29 heavy (non-hydrogen) atoms. The largest absolute Gasteiger partial charge is 0.351 e. The molecule has 2 aromatic heterocycles. The molecule has 0 aliphatic carbocycles. The fourth-order valence-electron chi connectivity index (χ4n) is 3.45. The van der Waals surface area contributed by atoms with Gasteiger partial charge in [-0.3, -0.25) is 14.0 Å². The zero-order valence-electron chi connectivity index (χ0n) is 17.5. The number of nitrogens with zero attached hydrogens (tertiary/aromatic N) is 2. The van der Waals surface area contributed by atoms with E-state index in [1.807, 2.05) is 60.8 Å². The van der Waals surface area contributed by atoms with E-state index in [1.54, 1.807) is 0 Å². The summed E-state index contributed by atoms with van der Waals surface area (Å²) in [6.45, 7) is 8.44. The van der Waals surface area contributed by atoms with Gasteiger partial charge in [0.2, 0.25) is 5.91 Å². The zero-order valence-corrected chi connectivity index (χ0v) is 17.5. The Morgan fingerprint density at radius 2 is 1.86 bits per heavy atom. The third-order valence-electron chi connectivity index (χ3n) is 4.96. The van der Waals surface area contributed by atoms with Gasteiger partial charge in [-0.2, -0.15) is 0 Å². The van der Waals surface area contributed by atoms with Crippen LogP contribution < -0.4 is 10.6 Å². The molecule has 0 saturated heterocycles. The minimum Gasteiger partial charge on any atom is -0.351 e. The highest BCUT2D eigenvalue weighted by Crippen LogP contribution is 2.23. The number of hydrogen-bond acceptors (Lipinski definition) is 3. The standard InChI is InChI=1S/C23H28N4O2/c1-15(2)18-10-5-6-11-19(18)26-20(28)12-7-13-24-23(29)21-17(4)25-22-16(3)9-8-14-27(21)22/h5-6,8-11,14-15H,7,12-13H2,1-4H3,(H,24,29)(H,26,28). The lowest BCUT2D eigenvalue weighted by Gasteiger charge is -2.13. The van der Waals surface area contributed by atoms with Crippen LogP contribution in [0.5, 0.6) is 0 Å². The number of pyridine rings is 1. The molecule has 6 heteroatoms. The summed E-state index contributed by atoms with van der Waals surface area (Å²) in [4.78, 5) is 29.4. The molecule has 0 unspecified atom stereocenters. The first-order valence-corrected chi connectivity index (χ1v) is 9.99. The van der Waals surface area contributed by atoms with Crippen LogP contribution in [-0.4, -0.2) is 27.7 Å². The van der Waals surface area contributed by atoms with Crippen LogP contribution in [0.2, 0.25) is 0 Å². The first-order valence-electron chi connectivity index (χ1n) is 9.99. The number of rotatable bonds is 7. The Bertz CT molecular complexity index is 1040. The van der Waals surface area contributed by atoms with Crippen LogP contribution in [0.15, 0.2) is 42.6 Å². The van der Waals surface area contributed by atoms with E-state index in [0.717, 1.165) is 22.5 Å². The highest BCUT2D eigenvalue weighted by molar-refractivity contribution is 5.95. The molecule has 152 valence electrons. The van der Waals surface area contributed by atoms with Gasteiger partial charge >= 0.3 is 0 Å². The average Bonchev–Trinajstić information content (AvgIpc) is 3.03. The number of benzene rings is 1. The first kappa shape index (κ1) is 20.6. The maximum Gasteiger partial charge on any atom is 0.270 e. The van der Waals surface area contributed by atoms with E-state index < -0.39 is 0 Å². The van der Waals surface area contributed by atoms with Crippen LogP contribution >= 0.6 is 0 Å². The molecule has 3 rings (SSSR count). The monoisotopic (exact) mass is 392 g/mol. The molecule has 2 amide bonds. The summed E-state index contributed by atoms with van der Waals surface area (Å²) in [6.07, 6.45) is 2.76. The van der Waals surface area contributed by atoms with Crippen LogP contribution in [0.25, 0.3) is 5.65 Å². The van der Waals surface area contributed by atoms with Gasteiger partial charge in [0.1, 0.15) is 11.3 Å². The summed E-state index contributed by atoms with van der Waals surface area (Å²) in [6, 6.07) is 11.7. The Labute approximate surface area is 171 Å². The summed E-state index contributed by atoms with van der Waals surface area (Å²) >= 11 is 0. The molecular weight excluding hydrogens is 364 g/mol. The van der Waals surface area contributed by atoms with Gasteiger partial charge < -0.3 is 10.6 Å². The highest BCUT2D eigenvalue weighted by Gasteiger charge is 2.17. The molecule has 3 aromatic rings. The van der Waals surface area contributed by atoms with Gasteiger partial charge in [0.25, 0.3) is 5.91 Å². The fourth-order valence-corrected chi connectivity index (χ4v) is 3.45. The number of amides is 2. The second-order valence-corrected chi connectivity index (χ2v) is 7.58. The van der Waals surface area contributed by atoms with Crippen LogP contribution in [0.4, 0.5) is 5.69 Å². The van der Waals surface area contributed by atoms with E-state index in [9.17, 15) is 9.59 Å². The lowest BCUT2D eigenvalue weighted by atomic mass is 10.0. The predicted octanol–water partition coefficient (Wildman–Crippen LogP) is 4.22. The third kappa shape index (κ3) is 4.65. The van der Waals surface area contributed by atoms with E-state index in [4.69, 9.17) is 0 Å². The Balaban J connectivity index is 1.54. The maximum atomic E-state index is 12.6. The lowest BCUT2D eigenvalue weighted by molar-refractivity contribution is -0.116. The Hall–Kier alpha value is -3.15. The molecule has 6 nitrogen and oxygen atoms in total. The van der Waals surface area contributed by atoms with Crippen LogP contribution in [0.1, 0.15) is 59.9 Å². The van der Waals surface area contributed by atoms with Crippen molar-refractivity contribution >= 4 is 23.1 Å². The second-order valence-electron chi connectivity index (χ2n) is 7.58. The van der Waals surface area contributed by atoms with Crippen LogP contribution in [0.3, 0.4) is 0 Å². The van der Waals surface area contributed by atoms with E-state index in [2.05, 4.69) is 29.5 Å². The fraction of sp³-hybridized carbons (Fsp3) is 0.348. The molecule has 0 spiro atoms. The number of aromatic nitrogens is 2. The normalized spacial score (nSPS) is 11.1. The molecule has 0 saturated carbocycles. The van der Waals surface area contributed by atoms with Gasteiger partial charge in [-0.1, -0.05) is 38.1 Å². The summed E-state index contributed by atoms with van der Waals surface area (Å²) in [7, 11) is 0. The predicted molar refractivity (Wildman–Crippen MR) is 115 cm³/mol. The lowest BCUT2D eigenvalue weighted by Crippen LogP contribution is -2.27. The molecule has 0 radical (unpaired) electrons. The van der Waals surface area contributed by atoms with Crippen LogP contribution in [0, 0.1) is 13.8 Å². The second kappa shape index (κ2) is 8.90. The molecule has 2 N–H and O–H groups in total. The Kier molecular flexibility index (Phi) is 6.32. The number of carbonyl (C=O) groups is 2. The van der Waals surface area contributed by atoms with Gasteiger partial charge in [0.15, 0.2) is 0 Å². The topological polar surface area (TPSA) is 75.5 Å². The van der Waals surface area contributed by atoms with Crippen molar-refractivity contribution in [3.05, 3.63) is 65.1 Å². The number of nitrogens with one attached hydrogen (secondary N) is 2. The minimum atomic E-state index is -0.175. The Morgan fingerprint density at radius 1 is 1.10 bits per heavy atom. The number of para-hydroxylation sites is 1. The quantitative estimate of drug-likeness (QED) is 0.591. The van der Waals surface area contributed by atoms with E-state index >= 15 is 0 Å². The van der Waals surface area contributed by atoms with E-state index in [-0.39, 0.29) is 11.8 Å². The molecule has 2 heterocycles. The number of carbonyl (C=O) groups excluding carboxylic acids is 2. The molecule has 0 fully saturated rings. The number of imidazole rings is 1. The van der Waals surface area contributed by atoms with Crippen molar-refractivity contribution in [1.29, 1.82) is 0 Å².